The normalized spacial score (nSPS) is 28.2. The minimum atomic E-state index is -1.36. The van der Waals surface area contributed by atoms with Gasteiger partial charge in [-0.15, -0.1) is 0 Å². The molecule has 3 aromatic rings. The molecule has 44 heavy (non-hydrogen) atoms. The summed E-state index contributed by atoms with van der Waals surface area (Å²) in [5.41, 5.74) is 0.177. The van der Waals surface area contributed by atoms with Crippen LogP contribution in [0.2, 0.25) is 0 Å². The average Bonchev–Trinajstić information content (AvgIpc) is 3.32. The fraction of sp³-hybridized carbons (Fsp3) is 0.438. The number of amides is 2. The third-order valence-corrected chi connectivity index (χ3v) is 10.0. The zero-order valence-corrected chi connectivity index (χ0v) is 26.7. The van der Waals surface area contributed by atoms with E-state index in [0.717, 1.165) is 46.1 Å². The highest BCUT2D eigenvalue weighted by molar-refractivity contribution is 9.10. The van der Waals surface area contributed by atoms with Crippen molar-refractivity contribution in [3.63, 3.8) is 0 Å². The Morgan fingerprint density at radius 3 is 2.89 bits per heavy atom. The van der Waals surface area contributed by atoms with Crippen LogP contribution in [0.3, 0.4) is 0 Å². The molecule has 0 radical (unpaired) electrons. The highest BCUT2D eigenvalue weighted by atomic mass is 79.9. The number of methoxy groups -OCH3 is 1. The number of nitrogens with zero attached hydrogens (tertiary/aromatic N) is 2. The van der Waals surface area contributed by atoms with Crippen molar-refractivity contribution in [2.45, 2.75) is 68.7 Å². The third-order valence-electron chi connectivity index (χ3n) is 8.63. The van der Waals surface area contributed by atoms with Crippen LogP contribution < -0.4 is 20.1 Å². The van der Waals surface area contributed by atoms with E-state index in [2.05, 4.69) is 31.5 Å². The SMILES string of the molecule is COc1cccc(N[C@H]2CCCCC/C=C\[C@@H]3C[C@@]3(C(=O)O)NC(=O)[C@@H]3C[C@@H](Oc4nc5ccc(Br)cc5s4)CN3C2=O)c1. The number of aromatic nitrogens is 1. The second kappa shape index (κ2) is 12.8. The molecule has 0 spiro atoms. The van der Waals surface area contributed by atoms with Crippen LogP contribution in [0.1, 0.15) is 44.9 Å². The number of carbonyl (C=O) groups is 3. The van der Waals surface area contributed by atoms with Gasteiger partial charge >= 0.3 is 5.97 Å². The monoisotopic (exact) mass is 682 g/mol. The first-order valence-electron chi connectivity index (χ1n) is 14.9. The number of aliphatic carboxylic acids is 1. The molecule has 232 valence electrons. The number of carboxylic acids is 1. The number of fused-ring (bicyclic) bond motifs is 3. The Morgan fingerprint density at radius 2 is 2.07 bits per heavy atom. The highest BCUT2D eigenvalue weighted by Crippen LogP contribution is 2.45. The summed E-state index contributed by atoms with van der Waals surface area (Å²) in [5, 5.41) is 16.8. The molecular weight excluding hydrogens is 648 g/mol. The second-order valence-electron chi connectivity index (χ2n) is 11.6. The van der Waals surface area contributed by atoms with Crippen LogP contribution in [-0.2, 0) is 14.4 Å². The third kappa shape index (κ3) is 6.41. The van der Waals surface area contributed by atoms with Gasteiger partial charge in [-0.05, 0) is 56.0 Å². The van der Waals surface area contributed by atoms with Crippen molar-refractivity contribution in [1.82, 2.24) is 15.2 Å². The van der Waals surface area contributed by atoms with Gasteiger partial charge in [-0.3, -0.25) is 9.59 Å². The molecule has 5 atom stereocenters. The van der Waals surface area contributed by atoms with Crippen LogP contribution in [0.4, 0.5) is 5.69 Å². The van der Waals surface area contributed by atoms with Gasteiger partial charge in [0.15, 0.2) is 0 Å². The number of rotatable bonds is 6. The standard InChI is InChI=1S/C32H35BrN4O6S/c1-42-22-10-7-9-21(15-22)34-25-11-6-4-2-3-5-8-19-17-32(19,30(40)41)36-28(38)26-16-23(18-37(26)29(25)39)43-31-35-24-13-12-20(33)14-27(24)44-31/h5,7-10,12-15,19,23,25-26,34H,2-4,6,11,16-18H2,1H3,(H,36,38)(H,40,41)/b8-5-/t19-,23-,25+,26+,32-/m1/s1. The van der Waals surface area contributed by atoms with Gasteiger partial charge in [-0.2, -0.15) is 0 Å². The number of carbonyl (C=O) groups excluding carboxylic acids is 2. The predicted octanol–water partition coefficient (Wildman–Crippen LogP) is 5.38. The second-order valence-corrected chi connectivity index (χ2v) is 13.6. The quantitative estimate of drug-likeness (QED) is 0.296. The maximum Gasteiger partial charge on any atom is 0.330 e. The molecule has 1 saturated heterocycles. The number of halogens is 1. The first kappa shape index (κ1) is 30.4. The summed E-state index contributed by atoms with van der Waals surface area (Å²) in [7, 11) is 1.59. The van der Waals surface area contributed by atoms with Gasteiger partial charge in [-0.25, -0.2) is 9.78 Å². The fourth-order valence-corrected chi connectivity index (χ4v) is 7.56. The molecule has 3 aliphatic rings. The minimum Gasteiger partial charge on any atom is -0.497 e. The van der Waals surface area contributed by atoms with Gasteiger partial charge in [0.25, 0.3) is 5.19 Å². The smallest absolute Gasteiger partial charge is 0.330 e. The van der Waals surface area contributed by atoms with Gasteiger partial charge in [-0.1, -0.05) is 58.3 Å². The number of ether oxygens (including phenoxy) is 2. The number of nitrogens with one attached hydrogen (secondary N) is 2. The van der Waals surface area contributed by atoms with Crippen LogP contribution >= 0.6 is 27.3 Å². The van der Waals surface area contributed by atoms with Crippen LogP contribution in [0.5, 0.6) is 10.9 Å². The molecule has 6 rings (SSSR count). The number of hydrogen-bond donors (Lipinski definition) is 3. The van der Waals surface area contributed by atoms with Crippen LogP contribution in [-0.4, -0.2) is 70.2 Å². The maximum atomic E-state index is 14.3. The molecule has 2 fully saturated rings. The molecule has 3 heterocycles. The number of thiazole rings is 1. The van der Waals surface area contributed by atoms with Gasteiger partial charge < -0.3 is 30.1 Å². The zero-order chi connectivity index (χ0) is 30.8. The Morgan fingerprint density at radius 1 is 1.20 bits per heavy atom. The van der Waals surface area contributed by atoms with Gasteiger partial charge in [0.05, 0.1) is 23.9 Å². The minimum absolute atomic E-state index is 0.177. The lowest BCUT2D eigenvalue weighted by Crippen LogP contribution is -2.55. The molecule has 2 amide bonds. The lowest BCUT2D eigenvalue weighted by Gasteiger charge is -2.30. The molecule has 1 saturated carbocycles. The molecule has 0 unspecified atom stereocenters. The first-order valence-corrected chi connectivity index (χ1v) is 16.5. The van der Waals surface area contributed by atoms with E-state index in [9.17, 15) is 19.5 Å². The summed E-state index contributed by atoms with van der Waals surface area (Å²) in [4.78, 5) is 46.7. The summed E-state index contributed by atoms with van der Waals surface area (Å²) in [6.45, 7) is 0.177. The lowest BCUT2D eigenvalue weighted by molar-refractivity contribution is -0.145. The summed E-state index contributed by atoms with van der Waals surface area (Å²) in [5.74, 6) is -1.38. The van der Waals surface area contributed by atoms with Crippen molar-refractivity contribution in [1.29, 1.82) is 0 Å². The fourth-order valence-electron chi connectivity index (χ4n) is 6.13. The molecule has 1 aliphatic carbocycles. The van der Waals surface area contributed by atoms with Crippen molar-refractivity contribution in [2.75, 3.05) is 19.0 Å². The van der Waals surface area contributed by atoms with Gasteiger partial charge in [0.1, 0.15) is 29.5 Å². The van der Waals surface area contributed by atoms with Crippen molar-refractivity contribution >= 4 is 61.0 Å². The Hall–Kier alpha value is -3.64. The van der Waals surface area contributed by atoms with Crippen molar-refractivity contribution in [2.24, 2.45) is 5.92 Å². The molecule has 3 N–H and O–H groups in total. The number of carboxylic acid groups (broad SMARTS) is 1. The Bertz CT molecular complexity index is 1600. The van der Waals surface area contributed by atoms with Gasteiger partial charge in [0.2, 0.25) is 11.8 Å². The van der Waals surface area contributed by atoms with Crippen LogP contribution in [0, 0.1) is 5.92 Å². The number of anilines is 1. The lowest BCUT2D eigenvalue weighted by atomic mass is 10.0. The largest absolute Gasteiger partial charge is 0.497 e. The number of hydrogen-bond acceptors (Lipinski definition) is 8. The van der Waals surface area contributed by atoms with E-state index in [1.54, 1.807) is 12.0 Å². The van der Waals surface area contributed by atoms with E-state index >= 15 is 0 Å². The number of benzene rings is 2. The van der Waals surface area contributed by atoms with E-state index in [1.807, 2.05) is 54.6 Å². The van der Waals surface area contributed by atoms with Crippen molar-refractivity contribution < 1.29 is 29.0 Å². The van der Waals surface area contributed by atoms with Crippen LogP contribution in [0.25, 0.3) is 10.2 Å². The van der Waals surface area contributed by atoms with Crippen molar-refractivity contribution in [3.8, 4) is 10.9 Å². The summed E-state index contributed by atoms with van der Waals surface area (Å²) < 4.78 is 13.6. The molecule has 0 bridgehead atoms. The average molecular weight is 684 g/mol. The van der Waals surface area contributed by atoms with Crippen LogP contribution in [0.15, 0.2) is 59.1 Å². The van der Waals surface area contributed by atoms with E-state index in [0.29, 0.717) is 23.8 Å². The van der Waals surface area contributed by atoms with E-state index in [4.69, 9.17) is 9.47 Å². The van der Waals surface area contributed by atoms with Gasteiger partial charge in [0, 0.05) is 28.6 Å². The predicted molar refractivity (Wildman–Crippen MR) is 171 cm³/mol. The van der Waals surface area contributed by atoms with Crippen molar-refractivity contribution in [3.05, 3.63) is 59.1 Å². The summed E-state index contributed by atoms with van der Waals surface area (Å²) in [6.07, 6.45) is 8.03. The Labute approximate surface area is 267 Å². The summed E-state index contributed by atoms with van der Waals surface area (Å²) in [6, 6.07) is 11.7. The van der Waals surface area contributed by atoms with E-state index in [1.165, 1.54) is 11.3 Å². The molecule has 12 heteroatoms. The topological polar surface area (TPSA) is 130 Å². The van der Waals surface area contributed by atoms with E-state index in [-0.39, 0.29) is 24.8 Å². The molecular formula is C32H35BrN4O6S. The molecule has 1 aromatic heterocycles. The molecule has 2 aliphatic heterocycles. The summed E-state index contributed by atoms with van der Waals surface area (Å²) >= 11 is 4.89. The highest BCUT2D eigenvalue weighted by Gasteiger charge is 2.61. The molecule has 2 aromatic carbocycles. The number of allylic oxidation sites excluding steroid dienone is 1. The Balaban J connectivity index is 1.29. The first-order chi connectivity index (χ1) is 21.3. The Kier molecular flexibility index (Phi) is 8.82. The maximum absolute atomic E-state index is 14.3. The molecule has 10 nitrogen and oxygen atoms in total. The van der Waals surface area contributed by atoms with E-state index < -0.39 is 35.6 Å². The zero-order valence-electron chi connectivity index (χ0n) is 24.3.